The summed E-state index contributed by atoms with van der Waals surface area (Å²) in [5.74, 6) is -0.993. The van der Waals surface area contributed by atoms with Gasteiger partial charge in [-0.1, -0.05) is 23.7 Å². The standard InChI is InChI=1S/C15H10ClNO5/c16-10-4-2-1-3-8(10)14(18)17-11-6-13-12(21-7-22-13)5-9(11)15(19)20/h1-6H,7H2,(H,17,18)(H,19,20). The van der Waals surface area contributed by atoms with E-state index in [0.717, 1.165) is 0 Å². The van der Waals surface area contributed by atoms with E-state index in [1.54, 1.807) is 24.3 Å². The molecule has 0 atom stereocenters. The molecule has 22 heavy (non-hydrogen) atoms. The molecule has 0 aromatic heterocycles. The van der Waals surface area contributed by atoms with Crippen molar-refractivity contribution < 1.29 is 24.2 Å². The van der Waals surface area contributed by atoms with Crippen molar-refractivity contribution in [2.75, 3.05) is 12.1 Å². The van der Waals surface area contributed by atoms with Crippen LogP contribution in [0.4, 0.5) is 5.69 Å². The largest absolute Gasteiger partial charge is 0.478 e. The van der Waals surface area contributed by atoms with Gasteiger partial charge < -0.3 is 19.9 Å². The predicted molar refractivity (Wildman–Crippen MR) is 78.9 cm³/mol. The lowest BCUT2D eigenvalue weighted by molar-refractivity contribution is 0.0697. The SMILES string of the molecule is O=C(Nc1cc2c(cc1C(=O)O)OCO2)c1ccccc1Cl. The van der Waals surface area contributed by atoms with Gasteiger partial charge in [0.05, 0.1) is 21.8 Å². The molecule has 1 aliphatic heterocycles. The average molecular weight is 320 g/mol. The van der Waals surface area contributed by atoms with Crippen LogP contribution in [0, 0.1) is 0 Å². The number of nitrogens with one attached hydrogen (secondary N) is 1. The van der Waals surface area contributed by atoms with Crippen LogP contribution < -0.4 is 14.8 Å². The van der Waals surface area contributed by atoms with Crippen molar-refractivity contribution in [2.24, 2.45) is 0 Å². The quantitative estimate of drug-likeness (QED) is 0.908. The highest BCUT2D eigenvalue weighted by Gasteiger charge is 2.22. The number of hydrogen-bond acceptors (Lipinski definition) is 4. The summed E-state index contributed by atoms with van der Waals surface area (Å²) in [5.41, 5.74) is 0.268. The fourth-order valence-corrected chi connectivity index (χ4v) is 2.28. The van der Waals surface area contributed by atoms with E-state index in [-0.39, 0.29) is 28.6 Å². The molecule has 1 amide bonds. The number of halogens is 1. The van der Waals surface area contributed by atoms with Gasteiger partial charge in [0.1, 0.15) is 0 Å². The van der Waals surface area contributed by atoms with Crippen molar-refractivity contribution in [2.45, 2.75) is 0 Å². The third-order valence-corrected chi connectivity index (χ3v) is 3.44. The summed E-state index contributed by atoms with van der Waals surface area (Å²) < 4.78 is 10.3. The van der Waals surface area contributed by atoms with Crippen LogP contribution >= 0.6 is 11.6 Å². The molecule has 0 spiro atoms. The monoisotopic (exact) mass is 319 g/mol. The Kier molecular flexibility index (Phi) is 3.60. The number of anilines is 1. The van der Waals surface area contributed by atoms with E-state index in [9.17, 15) is 14.7 Å². The zero-order chi connectivity index (χ0) is 15.7. The maximum Gasteiger partial charge on any atom is 0.337 e. The summed E-state index contributed by atoms with van der Waals surface area (Å²) in [6.45, 7) is 0.0102. The Bertz CT molecular complexity index is 775. The van der Waals surface area contributed by atoms with E-state index >= 15 is 0 Å². The molecule has 2 aromatic carbocycles. The van der Waals surface area contributed by atoms with Gasteiger partial charge in [-0.3, -0.25) is 4.79 Å². The van der Waals surface area contributed by atoms with E-state index in [1.807, 2.05) is 0 Å². The maximum atomic E-state index is 12.2. The third kappa shape index (κ3) is 2.56. The number of amides is 1. The number of hydrogen-bond donors (Lipinski definition) is 2. The van der Waals surface area contributed by atoms with Crippen LogP contribution in [-0.2, 0) is 0 Å². The second-order valence-corrected chi connectivity index (χ2v) is 4.90. The molecule has 2 N–H and O–H groups in total. The Hall–Kier alpha value is -2.73. The fourth-order valence-electron chi connectivity index (χ4n) is 2.06. The van der Waals surface area contributed by atoms with E-state index in [1.165, 1.54) is 12.1 Å². The molecule has 7 heteroatoms. The van der Waals surface area contributed by atoms with Crippen LogP contribution in [0.2, 0.25) is 5.02 Å². The summed E-state index contributed by atoms with van der Waals surface area (Å²) in [4.78, 5) is 23.6. The van der Waals surface area contributed by atoms with Crippen molar-refractivity contribution in [1.29, 1.82) is 0 Å². The van der Waals surface area contributed by atoms with Gasteiger partial charge in [0.25, 0.3) is 5.91 Å². The first-order valence-electron chi connectivity index (χ1n) is 6.29. The van der Waals surface area contributed by atoms with Crippen molar-refractivity contribution in [3.8, 4) is 11.5 Å². The number of fused-ring (bicyclic) bond motifs is 1. The first-order chi connectivity index (χ1) is 10.6. The van der Waals surface area contributed by atoms with Gasteiger partial charge in [-0.2, -0.15) is 0 Å². The smallest absolute Gasteiger partial charge is 0.337 e. The molecule has 6 nitrogen and oxygen atoms in total. The summed E-state index contributed by atoms with van der Waals surface area (Å²) in [6, 6.07) is 9.22. The molecule has 2 aromatic rings. The number of benzene rings is 2. The van der Waals surface area contributed by atoms with Crippen LogP contribution in [0.15, 0.2) is 36.4 Å². The maximum absolute atomic E-state index is 12.2. The summed E-state index contributed by atoms with van der Waals surface area (Å²) in [5, 5.41) is 12.1. The molecule has 0 unspecified atom stereocenters. The number of ether oxygens (including phenoxy) is 2. The normalized spacial score (nSPS) is 12.0. The molecular weight excluding hydrogens is 310 g/mol. The highest BCUT2D eigenvalue weighted by molar-refractivity contribution is 6.34. The van der Waals surface area contributed by atoms with Gasteiger partial charge in [0.2, 0.25) is 6.79 Å². The second kappa shape index (κ2) is 5.57. The summed E-state index contributed by atoms with van der Waals surface area (Å²) in [6.07, 6.45) is 0. The van der Waals surface area contributed by atoms with Crippen LogP contribution in [0.5, 0.6) is 11.5 Å². The first kappa shape index (κ1) is 14.2. The van der Waals surface area contributed by atoms with Crippen molar-refractivity contribution in [3.05, 3.63) is 52.5 Å². The minimum absolute atomic E-state index is 0.0102. The van der Waals surface area contributed by atoms with Gasteiger partial charge >= 0.3 is 5.97 Å². The topological polar surface area (TPSA) is 84.9 Å². The Morgan fingerprint density at radius 2 is 1.77 bits per heavy atom. The molecule has 112 valence electrons. The van der Waals surface area contributed by atoms with Gasteiger partial charge in [-0.25, -0.2) is 4.79 Å². The van der Waals surface area contributed by atoms with Crippen molar-refractivity contribution >= 4 is 29.2 Å². The third-order valence-electron chi connectivity index (χ3n) is 3.11. The minimum atomic E-state index is -1.19. The molecule has 0 aliphatic carbocycles. The van der Waals surface area contributed by atoms with E-state index in [2.05, 4.69) is 5.32 Å². The summed E-state index contributed by atoms with van der Waals surface area (Å²) in [7, 11) is 0. The van der Waals surface area contributed by atoms with Crippen LogP contribution in [-0.4, -0.2) is 23.8 Å². The molecule has 1 aliphatic rings. The van der Waals surface area contributed by atoms with E-state index < -0.39 is 11.9 Å². The van der Waals surface area contributed by atoms with Crippen LogP contribution in [0.1, 0.15) is 20.7 Å². The summed E-state index contributed by atoms with van der Waals surface area (Å²) >= 11 is 5.96. The van der Waals surface area contributed by atoms with Gasteiger partial charge in [0, 0.05) is 12.1 Å². The lowest BCUT2D eigenvalue weighted by Gasteiger charge is -2.10. The number of carboxylic acid groups (broad SMARTS) is 1. The number of aromatic carboxylic acids is 1. The van der Waals surface area contributed by atoms with Crippen molar-refractivity contribution in [3.63, 3.8) is 0 Å². The molecule has 0 fully saturated rings. The first-order valence-corrected chi connectivity index (χ1v) is 6.67. The number of carboxylic acids is 1. The number of carbonyl (C=O) groups is 2. The van der Waals surface area contributed by atoms with Gasteiger partial charge in [-0.05, 0) is 12.1 Å². The average Bonchev–Trinajstić information content (AvgIpc) is 2.93. The Morgan fingerprint density at radius 3 is 2.45 bits per heavy atom. The Morgan fingerprint density at radius 1 is 1.09 bits per heavy atom. The molecule has 0 bridgehead atoms. The van der Waals surface area contributed by atoms with Gasteiger partial charge in [-0.15, -0.1) is 0 Å². The second-order valence-electron chi connectivity index (χ2n) is 4.49. The van der Waals surface area contributed by atoms with E-state index in [0.29, 0.717) is 11.5 Å². The zero-order valence-corrected chi connectivity index (χ0v) is 11.9. The lowest BCUT2D eigenvalue weighted by atomic mass is 10.1. The fraction of sp³-hybridized carbons (Fsp3) is 0.0667. The number of carbonyl (C=O) groups excluding carboxylic acids is 1. The van der Waals surface area contributed by atoms with Crippen LogP contribution in [0.25, 0.3) is 0 Å². The lowest BCUT2D eigenvalue weighted by Crippen LogP contribution is -2.15. The Balaban J connectivity index is 1.97. The molecule has 0 saturated carbocycles. The molecule has 0 radical (unpaired) electrons. The molecule has 1 heterocycles. The predicted octanol–water partition coefficient (Wildman–Crippen LogP) is 3.02. The highest BCUT2D eigenvalue weighted by Crippen LogP contribution is 2.37. The van der Waals surface area contributed by atoms with E-state index in [4.69, 9.17) is 21.1 Å². The zero-order valence-electron chi connectivity index (χ0n) is 11.1. The minimum Gasteiger partial charge on any atom is -0.478 e. The number of rotatable bonds is 3. The Labute approximate surface area is 130 Å². The van der Waals surface area contributed by atoms with Crippen LogP contribution in [0.3, 0.4) is 0 Å². The van der Waals surface area contributed by atoms with Crippen molar-refractivity contribution in [1.82, 2.24) is 0 Å². The molecule has 3 rings (SSSR count). The highest BCUT2D eigenvalue weighted by atomic mass is 35.5. The van der Waals surface area contributed by atoms with Gasteiger partial charge in [0.15, 0.2) is 11.5 Å². The molecular formula is C15H10ClNO5. The molecule has 0 saturated heterocycles.